The number of nitrogens with zero attached hydrogens (tertiary/aromatic N) is 4. The number of carbonyl (C=O) groups is 2. The topological polar surface area (TPSA) is 74.6 Å². The molecule has 0 aromatic heterocycles. The summed E-state index contributed by atoms with van der Waals surface area (Å²) >= 11 is 0. The Morgan fingerprint density at radius 2 is 1.74 bits per heavy atom. The van der Waals surface area contributed by atoms with Gasteiger partial charge in [0, 0.05) is 0 Å². The third-order valence-electron chi connectivity index (χ3n) is 4.52. The van der Waals surface area contributed by atoms with Crippen molar-refractivity contribution in [3.8, 4) is 5.75 Å². The molecule has 0 bridgehead atoms. The van der Waals surface area contributed by atoms with Crippen molar-refractivity contribution < 1.29 is 18.7 Å². The number of carbonyl (C=O) groups excluding carboxylic acids is 2. The van der Waals surface area contributed by atoms with Gasteiger partial charge in [-0.2, -0.15) is 5.11 Å². The summed E-state index contributed by atoms with van der Waals surface area (Å²) in [5, 5.41) is 9.45. The minimum atomic E-state index is -0.857. The van der Waals surface area contributed by atoms with Gasteiger partial charge >= 0.3 is 0 Å². The number of rotatable bonds is 5. The van der Waals surface area contributed by atoms with E-state index in [1.807, 2.05) is 6.92 Å². The van der Waals surface area contributed by atoms with E-state index in [2.05, 4.69) is 10.3 Å². The second-order valence-corrected chi connectivity index (χ2v) is 6.26. The quantitative estimate of drug-likeness (QED) is 0.761. The van der Waals surface area contributed by atoms with Gasteiger partial charge in [0.1, 0.15) is 11.6 Å². The highest BCUT2D eigenvalue weighted by atomic mass is 19.1. The first-order valence-electron chi connectivity index (χ1n) is 8.61. The Labute approximate surface area is 155 Å². The number of hydrogen-bond donors (Lipinski definition) is 0. The molecule has 0 spiro atoms. The summed E-state index contributed by atoms with van der Waals surface area (Å²) < 4.78 is 18.5. The first-order valence-corrected chi connectivity index (χ1v) is 8.61. The highest BCUT2D eigenvalue weighted by Gasteiger charge is 2.54. The Morgan fingerprint density at radius 1 is 1.04 bits per heavy atom. The smallest absolute Gasteiger partial charge is 0.263 e. The Balaban J connectivity index is 1.55. The van der Waals surface area contributed by atoms with Crippen LogP contribution in [0.25, 0.3) is 0 Å². The number of benzene rings is 2. The van der Waals surface area contributed by atoms with Gasteiger partial charge in [-0.25, -0.2) is 9.29 Å². The fraction of sp³-hybridized carbons (Fsp3) is 0.263. The van der Waals surface area contributed by atoms with E-state index in [0.717, 1.165) is 10.5 Å². The van der Waals surface area contributed by atoms with E-state index in [0.29, 0.717) is 18.0 Å². The lowest BCUT2D eigenvalue weighted by atomic mass is 10.1. The van der Waals surface area contributed by atoms with Crippen molar-refractivity contribution in [2.45, 2.75) is 25.6 Å². The number of halogens is 1. The van der Waals surface area contributed by atoms with E-state index in [1.165, 1.54) is 17.1 Å². The monoisotopic (exact) mass is 368 g/mol. The molecule has 4 rings (SSSR count). The number of amides is 2. The zero-order chi connectivity index (χ0) is 19.0. The van der Waals surface area contributed by atoms with Crippen LogP contribution in [-0.4, -0.2) is 35.5 Å². The van der Waals surface area contributed by atoms with Gasteiger partial charge in [-0.3, -0.25) is 14.6 Å². The molecule has 2 aromatic carbocycles. The lowest BCUT2D eigenvalue weighted by molar-refractivity contribution is -0.123. The summed E-state index contributed by atoms with van der Waals surface area (Å²) in [6, 6.07) is 11.0. The maximum Gasteiger partial charge on any atom is 0.263 e. The maximum absolute atomic E-state index is 13.1. The van der Waals surface area contributed by atoms with E-state index in [9.17, 15) is 14.0 Å². The molecule has 7 nitrogen and oxygen atoms in total. The molecule has 1 fully saturated rings. The Bertz CT molecular complexity index is 898. The largest absolute Gasteiger partial charge is 0.494 e. The summed E-state index contributed by atoms with van der Waals surface area (Å²) in [5.41, 5.74) is 1.25. The summed E-state index contributed by atoms with van der Waals surface area (Å²) in [6.07, 6.45) is 0. The van der Waals surface area contributed by atoms with Crippen LogP contribution in [0.15, 0.2) is 58.9 Å². The second-order valence-electron chi connectivity index (χ2n) is 6.26. The number of hydrogen-bond acceptors (Lipinski definition) is 6. The zero-order valence-corrected chi connectivity index (χ0v) is 14.6. The second kappa shape index (κ2) is 6.79. The van der Waals surface area contributed by atoms with E-state index >= 15 is 0 Å². The van der Waals surface area contributed by atoms with Crippen LogP contribution < -0.4 is 9.64 Å². The first kappa shape index (κ1) is 17.1. The van der Waals surface area contributed by atoms with Gasteiger partial charge in [0.05, 0.1) is 18.8 Å². The molecular weight excluding hydrogens is 351 g/mol. The molecule has 2 aliphatic heterocycles. The van der Waals surface area contributed by atoms with Gasteiger partial charge in [0.15, 0.2) is 12.1 Å². The minimum absolute atomic E-state index is 0.265. The van der Waals surface area contributed by atoms with E-state index in [4.69, 9.17) is 4.74 Å². The maximum atomic E-state index is 13.1. The first-order chi connectivity index (χ1) is 13.1. The van der Waals surface area contributed by atoms with Crippen molar-refractivity contribution >= 4 is 17.5 Å². The fourth-order valence-corrected chi connectivity index (χ4v) is 3.24. The SMILES string of the molecule is CCOc1ccc(N2C(=O)[C@@H]3[C@@H](N=NN3Cc3ccc(F)cc3)C2=O)cc1. The van der Waals surface area contributed by atoms with Crippen LogP contribution in [0.1, 0.15) is 12.5 Å². The standard InChI is InChI=1S/C19H17FN4O3/c1-2-27-15-9-7-14(8-10-15)24-18(25)16-17(19(24)26)23(22-21-16)11-12-3-5-13(20)6-4-12/h3-10,16-17H,2,11H2,1H3/t16-,17+/m1/s1. The van der Waals surface area contributed by atoms with Crippen LogP contribution in [0.2, 0.25) is 0 Å². The molecule has 0 unspecified atom stereocenters. The molecule has 0 aliphatic carbocycles. The zero-order valence-electron chi connectivity index (χ0n) is 14.6. The van der Waals surface area contributed by atoms with Crippen LogP contribution in [0, 0.1) is 5.82 Å². The van der Waals surface area contributed by atoms with Crippen molar-refractivity contribution in [2.75, 3.05) is 11.5 Å². The molecule has 0 N–H and O–H groups in total. The van der Waals surface area contributed by atoms with Crippen molar-refractivity contribution in [3.05, 3.63) is 59.9 Å². The molecule has 1 saturated heterocycles. The molecule has 2 aromatic rings. The van der Waals surface area contributed by atoms with Gasteiger partial charge in [0.2, 0.25) is 0 Å². The highest BCUT2D eigenvalue weighted by molar-refractivity contribution is 6.25. The van der Waals surface area contributed by atoms with Crippen molar-refractivity contribution in [1.29, 1.82) is 0 Å². The van der Waals surface area contributed by atoms with Crippen molar-refractivity contribution in [3.63, 3.8) is 0 Å². The summed E-state index contributed by atoms with van der Waals surface area (Å²) in [7, 11) is 0. The van der Waals surface area contributed by atoms with Gasteiger partial charge < -0.3 is 4.74 Å². The van der Waals surface area contributed by atoms with Gasteiger partial charge in [-0.1, -0.05) is 17.4 Å². The van der Waals surface area contributed by atoms with Crippen molar-refractivity contribution in [1.82, 2.24) is 5.01 Å². The van der Waals surface area contributed by atoms with Gasteiger partial charge in [0.25, 0.3) is 11.8 Å². The van der Waals surface area contributed by atoms with Crippen molar-refractivity contribution in [2.24, 2.45) is 10.3 Å². The summed E-state index contributed by atoms with van der Waals surface area (Å²) in [4.78, 5) is 26.8. The highest BCUT2D eigenvalue weighted by Crippen LogP contribution is 2.33. The summed E-state index contributed by atoms with van der Waals surface area (Å²) in [6.45, 7) is 2.67. The lowest BCUT2D eigenvalue weighted by Crippen LogP contribution is -2.39. The molecule has 2 amide bonds. The molecule has 0 saturated carbocycles. The van der Waals surface area contributed by atoms with E-state index in [1.54, 1.807) is 36.4 Å². The van der Waals surface area contributed by atoms with Crippen LogP contribution in [0.4, 0.5) is 10.1 Å². The molecule has 2 aliphatic rings. The third kappa shape index (κ3) is 3.03. The number of fused-ring (bicyclic) bond motifs is 1. The lowest BCUT2D eigenvalue weighted by Gasteiger charge is -2.20. The molecule has 27 heavy (non-hydrogen) atoms. The Morgan fingerprint density at radius 3 is 2.41 bits per heavy atom. The summed E-state index contributed by atoms with van der Waals surface area (Å²) in [5.74, 6) is -0.451. The molecule has 138 valence electrons. The number of anilines is 1. The average molecular weight is 368 g/mol. The predicted octanol–water partition coefficient (Wildman–Crippen LogP) is 2.72. The minimum Gasteiger partial charge on any atom is -0.494 e. The average Bonchev–Trinajstić information content (AvgIpc) is 3.18. The number of ether oxygens (including phenoxy) is 1. The van der Waals surface area contributed by atoms with Crippen LogP contribution in [0.3, 0.4) is 0 Å². The van der Waals surface area contributed by atoms with Gasteiger partial charge in [-0.15, -0.1) is 0 Å². The molecule has 2 atom stereocenters. The fourth-order valence-electron chi connectivity index (χ4n) is 3.24. The van der Waals surface area contributed by atoms with Gasteiger partial charge in [-0.05, 0) is 48.9 Å². The van der Waals surface area contributed by atoms with Crippen LogP contribution in [0.5, 0.6) is 5.75 Å². The van der Waals surface area contributed by atoms with Crippen LogP contribution >= 0.6 is 0 Å². The normalized spacial score (nSPS) is 21.1. The molecule has 0 radical (unpaired) electrons. The molecule has 8 heteroatoms. The predicted molar refractivity (Wildman–Crippen MR) is 94.5 cm³/mol. The van der Waals surface area contributed by atoms with E-state index in [-0.39, 0.29) is 18.3 Å². The Hall–Kier alpha value is -3.29. The van der Waals surface area contributed by atoms with Crippen LogP contribution in [-0.2, 0) is 16.1 Å². The third-order valence-corrected chi connectivity index (χ3v) is 4.52. The molecular formula is C19H17FN4O3. The number of imide groups is 1. The Kier molecular flexibility index (Phi) is 4.31. The molecule has 2 heterocycles. The van der Waals surface area contributed by atoms with E-state index < -0.39 is 18.0 Å².